The minimum absolute atomic E-state index is 0.000735. The molecule has 2 heterocycles. The van der Waals surface area contributed by atoms with E-state index >= 15 is 0 Å². The predicted octanol–water partition coefficient (Wildman–Crippen LogP) is 1.95. The van der Waals surface area contributed by atoms with Crippen molar-refractivity contribution in [3.8, 4) is 0 Å². The Balaban J connectivity index is 2.06. The van der Waals surface area contributed by atoms with E-state index in [1.54, 1.807) is 6.20 Å². The van der Waals surface area contributed by atoms with Crippen molar-refractivity contribution in [3.05, 3.63) is 18.1 Å². The zero-order chi connectivity index (χ0) is 12.1. The van der Waals surface area contributed by atoms with Crippen molar-refractivity contribution < 1.29 is 9.90 Å². The fourth-order valence-corrected chi connectivity index (χ4v) is 2.07. The van der Waals surface area contributed by atoms with Crippen LogP contribution in [0.15, 0.2) is 12.4 Å². The highest BCUT2D eigenvalue weighted by atomic mass is 16.4. The minimum Gasteiger partial charge on any atom is -0.476 e. The summed E-state index contributed by atoms with van der Waals surface area (Å²) in [6, 6.07) is 0. The molecular formula is C12H17N3O2. The van der Waals surface area contributed by atoms with E-state index in [4.69, 9.17) is 5.11 Å². The van der Waals surface area contributed by atoms with Crippen LogP contribution in [0.25, 0.3) is 0 Å². The SMILES string of the molecule is O=C(O)c1cnc(N2CCCCCCC2)cn1. The summed E-state index contributed by atoms with van der Waals surface area (Å²) in [5.74, 6) is -0.242. The Hall–Kier alpha value is -1.65. The molecule has 1 fully saturated rings. The topological polar surface area (TPSA) is 66.3 Å². The van der Waals surface area contributed by atoms with Crippen molar-refractivity contribution >= 4 is 11.8 Å². The van der Waals surface area contributed by atoms with Gasteiger partial charge in [0.2, 0.25) is 0 Å². The number of aromatic nitrogens is 2. The summed E-state index contributed by atoms with van der Waals surface area (Å²) in [5.41, 5.74) is 0.000735. The summed E-state index contributed by atoms with van der Waals surface area (Å²) in [6.07, 6.45) is 9.07. The third-order valence-electron chi connectivity index (χ3n) is 3.04. The van der Waals surface area contributed by atoms with Gasteiger partial charge in [-0.05, 0) is 12.8 Å². The van der Waals surface area contributed by atoms with Gasteiger partial charge in [0.1, 0.15) is 5.82 Å². The second-order valence-corrected chi connectivity index (χ2v) is 4.32. The van der Waals surface area contributed by atoms with Crippen LogP contribution in [0.1, 0.15) is 42.6 Å². The highest BCUT2D eigenvalue weighted by Crippen LogP contribution is 2.16. The molecule has 0 amide bonds. The van der Waals surface area contributed by atoms with Crippen molar-refractivity contribution in [2.75, 3.05) is 18.0 Å². The molecule has 1 N–H and O–H groups in total. The van der Waals surface area contributed by atoms with Crippen LogP contribution in [0.5, 0.6) is 0 Å². The van der Waals surface area contributed by atoms with Crippen molar-refractivity contribution in [2.45, 2.75) is 32.1 Å². The molecule has 0 radical (unpaired) electrons. The molecule has 5 heteroatoms. The lowest BCUT2D eigenvalue weighted by Crippen LogP contribution is -2.28. The van der Waals surface area contributed by atoms with E-state index in [-0.39, 0.29) is 5.69 Å². The standard InChI is InChI=1S/C12H17N3O2/c16-12(17)10-8-14-11(9-13-10)15-6-4-2-1-3-5-7-15/h8-9H,1-7H2,(H,16,17). The number of rotatable bonds is 2. The van der Waals surface area contributed by atoms with Crippen LogP contribution in [-0.2, 0) is 0 Å². The summed E-state index contributed by atoms with van der Waals surface area (Å²) < 4.78 is 0. The van der Waals surface area contributed by atoms with Crippen LogP contribution < -0.4 is 4.90 Å². The Morgan fingerprint density at radius 1 is 1.06 bits per heavy atom. The number of carboxylic acid groups (broad SMARTS) is 1. The van der Waals surface area contributed by atoms with E-state index in [0.29, 0.717) is 0 Å². The molecule has 0 unspecified atom stereocenters. The number of aromatic carboxylic acids is 1. The van der Waals surface area contributed by atoms with Crippen molar-refractivity contribution in [3.63, 3.8) is 0 Å². The molecule has 1 aromatic heterocycles. The van der Waals surface area contributed by atoms with Gasteiger partial charge in [0.25, 0.3) is 0 Å². The molecule has 1 aromatic rings. The molecule has 0 atom stereocenters. The molecule has 0 aliphatic carbocycles. The lowest BCUT2D eigenvalue weighted by Gasteiger charge is -2.25. The van der Waals surface area contributed by atoms with Crippen molar-refractivity contribution in [1.82, 2.24) is 9.97 Å². The molecule has 0 bridgehead atoms. The van der Waals surface area contributed by atoms with Crippen molar-refractivity contribution in [2.24, 2.45) is 0 Å². The molecule has 0 spiro atoms. The second kappa shape index (κ2) is 5.61. The van der Waals surface area contributed by atoms with Crippen LogP contribution in [0.2, 0.25) is 0 Å². The maximum Gasteiger partial charge on any atom is 0.356 e. The number of carboxylic acids is 1. The monoisotopic (exact) mass is 235 g/mol. The van der Waals surface area contributed by atoms with Gasteiger partial charge >= 0.3 is 5.97 Å². The molecule has 17 heavy (non-hydrogen) atoms. The van der Waals surface area contributed by atoms with E-state index in [9.17, 15) is 4.79 Å². The molecule has 1 aliphatic rings. The summed E-state index contributed by atoms with van der Waals surface area (Å²) in [6.45, 7) is 1.97. The van der Waals surface area contributed by atoms with Gasteiger partial charge in [-0.15, -0.1) is 0 Å². The number of carbonyl (C=O) groups is 1. The van der Waals surface area contributed by atoms with Gasteiger partial charge < -0.3 is 10.0 Å². The quantitative estimate of drug-likeness (QED) is 0.848. The first-order valence-electron chi connectivity index (χ1n) is 6.07. The Morgan fingerprint density at radius 2 is 1.71 bits per heavy atom. The van der Waals surface area contributed by atoms with Crippen LogP contribution in [0, 0.1) is 0 Å². The molecule has 0 saturated carbocycles. The molecule has 92 valence electrons. The maximum atomic E-state index is 10.7. The van der Waals surface area contributed by atoms with Crippen LogP contribution in [0.4, 0.5) is 5.82 Å². The number of hydrogen-bond donors (Lipinski definition) is 1. The van der Waals surface area contributed by atoms with E-state index < -0.39 is 5.97 Å². The smallest absolute Gasteiger partial charge is 0.356 e. The number of anilines is 1. The fraction of sp³-hybridized carbons (Fsp3) is 0.583. The van der Waals surface area contributed by atoms with Gasteiger partial charge in [0.15, 0.2) is 5.69 Å². The zero-order valence-corrected chi connectivity index (χ0v) is 9.80. The van der Waals surface area contributed by atoms with Gasteiger partial charge in [0.05, 0.1) is 12.4 Å². The normalized spacial score (nSPS) is 17.3. The third-order valence-corrected chi connectivity index (χ3v) is 3.04. The Kier molecular flexibility index (Phi) is 3.90. The van der Waals surface area contributed by atoms with Crippen LogP contribution >= 0.6 is 0 Å². The first-order valence-corrected chi connectivity index (χ1v) is 6.07. The highest BCUT2D eigenvalue weighted by molar-refractivity contribution is 5.84. The van der Waals surface area contributed by atoms with E-state index in [1.165, 1.54) is 38.3 Å². The molecule has 0 aromatic carbocycles. The molecule has 1 aliphatic heterocycles. The van der Waals surface area contributed by atoms with Gasteiger partial charge in [-0.3, -0.25) is 0 Å². The summed E-state index contributed by atoms with van der Waals surface area (Å²) in [5, 5.41) is 8.75. The summed E-state index contributed by atoms with van der Waals surface area (Å²) in [7, 11) is 0. The maximum absolute atomic E-state index is 10.7. The lowest BCUT2D eigenvalue weighted by molar-refractivity contribution is 0.0690. The fourth-order valence-electron chi connectivity index (χ4n) is 2.07. The first kappa shape index (κ1) is 11.8. The molecule has 5 nitrogen and oxygen atoms in total. The Morgan fingerprint density at radius 3 is 2.24 bits per heavy atom. The second-order valence-electron chi connectivity index (χ2n) is 4.32. The number of nitrogens with zero attached hydrogens (tertiary/aromatic N) is 3. The summed E-state index contributed by atoms with van der Waals surface area (Å²) in [4.78, 5) is 20.9. The first-order chi connectivity index (χ1) is 8.27. The average Bonchev–Trinajstić information content (AvgIpc) is 2.29. The van der Waals surface area contributed by atoms with Gasteiger partial charge in [-0.1, -0.05) is 19.3 Å². The predicted molar refractivity (Wildman–Crippen MR) is 64.3 cm³/mol. The van der Waals surface area contributed by atoms with Crippen LogP contribution in [-0.4, -0.2) is 34.1 Å². The van der Waals surface area contributed by atoms with E-state index in [2.05, 4.69) is 14.9 Å². The molecule has 1 saturated heterocycles. The largest absolute Gasteiger partial charge is 0.476 e. The number of hydrogen-bond acceptors (Lipinski definition) is 4. The highest BCUT2D eigenvalue weighted by Gasteiger charge is 2.12. The van der Waals surface area contributed by atoms with Crippen LogP contribution in [0.3, 0.4) is 0 Å². The Bertz CT molecular complexity index is 370. The zero-order valence-electron chi connectivity index (χ0n) is 9.80. The lowest BCUT2D eigenvalue weighted by atomic mass is 10.1. The third kappa shape index (κ3) is 3.15. The Labute approximate surface area is 100 Å². The minimum atomic E-state index is -1.03. The van der Waals surface area contributed by atoms with E-state index in [1.807, 2.05) is 0 Å². The summed E-state index contributed by atoms with van der Waals surface area (Å²) >= 11 is 0. The molecular weight excluding hydrogens is 218 g/mol. The van der Waals surface area contributed by atoms with Gasteiger partial charge in [-0.25, -0.2) is 14.8 Å². The molecule has 2 rings (SSSR count). The average molecular weight is 235 g/mol. The van der Waals surface area contributed by atoms with Crippen molar-refractivity contribution in [1.29, 1.82) is 0 Å². The van der Waals surface area contributed by atoms with Gasteiger partial charge in [-0.2, -0.15) is 0 Å². The van der Waals surface area contributed by atoms with Gasteiger partial charge in [0, 0.05) is 13.1 Å². The van der Waals surface area contributed by atoms with E-state index in [0.717, 1.165) is 18.9 Å².